The van der Waals surface area contributed by atoms with E-state index >= 15 is 0 Å². The molecule has 3 rings (SSSR count). The summed E-state index contributed by atoms with van der Waals surface area (Å²) in [6.45, 7) is 35.3. The molecule has 0 unspecified atom stereocenters. The smallest absolute Gasteiger partial charge is 0.545 e. The first-order valence-electron chi connectivity index (χ1n) is 18.2. The van der Waals surface area contributed by atoms with Gasteiger partial charge >= 0.3 is 17.4 Å². The molecule has 10 heteroatoms. The number of aromatic carboxylic acids is 3. The number of carbonyl (C=O) groups is 3. The summed E-state index contributed by atoms with van der Waals surface area (Å²) in [6, 6.07) is 15.4. The van der Waals surface area contributed by atoms with Crippen molar-refractivity contribution in [3.63, 3.8) is 0 Å². The average molecular weight is 775 g/mol. The van der Waals surface area contributed by atoms with Gasteiger partial charge in [-0.15, -0.1) is 0 Å². The molecule has 0 radical (unpaired) electrons. The maximum absolute atomic E-state index is 11.2. The first-order chi connectivity index (χ1) is 24.1. The zero-order valence-electron chi connectivity index (χ0n) is 36.4. The number of carboxylic acids is 3. The third kappa shape index (κ3) is 16.7. The second kappa shape index (κ2) is 18.8. The van der Waals surface area contributed by atoms with E-state index in [4.69, 9.17) is 14.2 Å². The number of para-hydroxylation sites is 3. The Hall–Kier alpha value is -4.00. The zero-order chi connectivity index (χ0) is 42.4. The van der Waals surface area contributed by atoms with Crippen LogP contribution in [0.3, 0.4) is 0 Å². The molecule has 0 aliphatic rings. The molecule has 0 aliphatic heterocycles. The Morgan fingerprint density at radius 3 is 0.691 bits per heavy atom. The predicted molar refractivity (Wildman–Crippen MR) is 215 cm³/mol. The Balaban J connectivity index is 0.000000788. The van der Waals surface area contributed by atoms with Crippen molar-refractivity contribution in [1.29, 1.82) is 0 Å². The van der Waals surface area contributed by atoms with Gasteiger partial charge in [0.2, 0.25) is 0 Å². The molecule has 0 fully saturated rings. The monoisotopic (exact) mass is 774 g/mol. The minimum Gasteiger partial charge on any atom is -0.545 e. The van der Waals surface area contributed by atoms with E-state index in [-0.39, 0.29) is 50.3 Å². The Kier molecular flexibility index (Phi) is 17.4. The van der Waals surface area contributed by atoms with Crippen LogP contribution < -0.4 is 29.5 Å². The largest absolute Gasteiger partial charge is 3.00 e. The SMILES string of the molecule is CC(C)(C)Oc1c(C(=O)[O-])cccc1C(C)(C)C.CC(C)(C)Oc1c(C(=O)[O-])cccc1C(C)(C)C.CC(C)(C)Oc1c(C(=O)[O-])cccc1C(C)(C)C.[Al+3]. The Labute approximate surface area is 340 Å². The number of ether oxygens (including phenoxy) is 3. The van der Waals surface area contributed by atoms with Gasteiger partial charge in [0.15, 0.2) is 0 Å². The molecule has 55 heavy (non-hydrogen) atoms. The van der Waals surface area contributed by atoms with Crippen LogP contribution >= 0.6 is 0 Å². The van der Waals surface area contributed by atoms with Crippen molar-refractivity contribution >= 4 is 35.3 Å². The van der Waals surface area contributed by atoms with Gasteiger partial charge in [-0.25, -0.2) is 0 Å². The fourth-order valence-corrected chi connectivity index (χ4v) is 5.11. The van der Waals surface area contributed by atoms with Crippen LogP contribution in [0, 0.1) is 0 Å². The maximum Gasteiger partial charge on any atom is 3.00 e. The number of hydrogen-bond acceptors (Lipinski definition) is 9. The summed E-state index contributed by atoms with van der Waals surface area (Å²) in [5.41, 5.74) is 1.02. The van der Waals surface area contributed by atoms with Crippen molar-refractivity contribution in [3.05, 3.63) is 88.0 Å². The molecule has 0 spiro atoms. The van der Waals surface area contributed by atoms with E-state index in [1.807, 2.05) is 143 Å². The van der Waals surface area contributed by atoms with Gasteiger partial charge in [-0.3, -0.25) is 0 Å². The summed E-state index contributed by atoms with van der Waals surface area (Å²) < 4.78 is 17.5. The van der Waals surface area contributed by atoms with Gasteiger partial charge in [-0.2, -0.15) is 0 Å². The summed E-state index contributed by atoms with van der Waals surface area (Å²) in [4.78, 5) is 33.6. The molecule has 0 aromatic heterocycles. The Morgan fingerprint density at radius 2 is 0.564 bits per heavy atom. The van der Waals surface area contributed by atoms with Crippen LogP contribution in [0.25, 0.3) is 0 Å². The van der Waals surface area contributed by atoms with Gasteiger partial charge in [0, 0.05) is 33.4 Å². The van der Waals surface area contributed by atoms with E-state index in [0.717, 1.165) is 16.7 Å². The molecule has 0 saturated carbocycles. The number of carboxylic acid groups (broad SMARTS) is 3. The molecule has 9 nitrogen and oxygen atoms in total. The molecule has 0 aliphatic carbocycles. The van der Waals surface area contributed by atoms with E-state index in [1.165, 1.54) is 18.2 Å². The number of carbonyl (C=O) groups excluding carboxylic acids is 3. The van der Waals surface area contributed by atoms with Gasteiger partial charge in [-0.1, -0.05) is 98.7 Å². The number of rotatable bonds is 6. The molecule has 0 N–H and O–H groups in total. The van der Waals surface area contributed by atoms with Crippen LogP contribution in [0.2, 0.25) is 0 Å². The van der Waals surface area contributed by atoms with E-state index in [1.54, 1.807) is 18.2 Å². The van der Waals surface area contributed by atoms with Crippen molar-refractivity contribution in [2.24, 2.45) is 0 Å². The second-order valence-electron chi connectivity index (χ2n) is 19.3. The molecule has 0 atom stereocenters. The molecule has 0 bridgehead atoms. The summed E-state index contributed by atoms with van der Waals surface area (Å²) >= 11 is 0. The molecule has 3 aromatic carbocycles. The Morgan fingerprint density at radius 1 is 0.382 bits per heavy atom. The van der Waals surface area contributed by atoms with Gasteiger partial charge in [0.05, 0.1) is 17.9 Å². The van der Waals surface area contributed by atoms with Gasteiger partial charge in [0.25, 0.3) is 0 Å². The minimum atomic E-state index is -1.21. The van der Waals surface area contributed by atoms with Crippen LogP contribution in [0.15, 0.2) is 54.6 Å². The van der Waals surface area contributed by atoms with Gasteiger partial charge < -0.3 is 43.9 Å². The van der Waals surface area contributed by atoms with E-state index in [9.17, 15) is 29.7 Å². The molecule has 300 valence electrons. The fraction of sp³-hybridized carbons (Fsp3) is 0.533. The molecular formula is C45H63AlO9. The van der Waals surface area contributed by atoms with Crippen molar-refractivity contribution < 1.29 is 43.9 Å². The average Bonchev–Trinajstić information content (AvgIpc) is 2.93. The molecular weight excluding hydrogens is 711 g/mol. The van der Waals surface area contributed by atoms with Crippen LogP contribution in [0.5, 0.6) is 17.2 Å². The quantitative estimate of drug-likeness (QED) is 0.237. The maximum atomic E-state index is 11.2. The van der Waals surface area contributed by atoms with Gasteiger partial charge in [-0.05, 0) is 96.8 Å². The van der Waals surface area contributed by atoms with Crippen LogP contribution in [-0.2, 0) is 16.2 Å². The Bertz CT molecular complexity index is 1560. The summed E-state index contributed by atoms with van der Waals surface area (Å²) in [5.74, 6) is -2.38. The normalized spacial score (nSPS) is 12.1. The van der Waals surface area contributed by atoms with Crippen molar-refractivity contribution in [3.8, 4) is 17.2 Å². The van der Waals surface area contributed by atoms with Crippen LogP contribution in [0.1, 0.15) is 172 Å². The van der Waals surface area contributed by atoms with E-state index in [0.29, 0.717) is 17.2 Å². The molecule has 0 heterocycles. The topological polar surface area (TPSA) is 148 Å². The van der Waals surface area contributed by atoms with Gasteiger partial charge in [0.1, 0.15) is 34.1 Å². The van der Waals surface area contributed by atoms with Crippen molar-refractivity contribution in [2.75, 3.05) is 0 Å². The number of hydrogen-bond donors (Lipinski definition) is 0. The first-order valence-corrected chi connectivity index (χ1v) is 18.2. The molecule has 3 aromatic rings. The third-order valence-corrected chi connectivity index (χ3v) is 7.35. The molecule has 0 amide bonds. The second-order valence-corrected chi connectivity index (χ2v) is 19.3. The minimum absolute atomic E-state index is 0. The summed E-state index contributed by atoms with van der Waals surface area (Å²) in [5, 5.41) is 33.6. The summed E-state index contributed by atoms with van der Waals surface area (Å²) in [7, 11) is 0. The molecule has 0 saturated heterocycles. The van der Waals surface area contributed by atoms with E-state index in [2.05, 4.69) is 0 Å². The van der Waals surface area contributed by atoms with E-state index < -0.39 is 34.7 Å². The summed E-state index contributed by atoms with van der Waals surface area (Å²) in [6.07, 6.45) is 0. The predicted octanol–water partition coefficient (Wildman–Crippen LogP) is 7.19. The van der Waals surface area contributed by atoms with Crippen molar-refractivity contribution in [1.82, 2.24) is 0 Å². The standard InChI is InChI=1S/3C15H22O3.Al/c3*1-14(2,3)11-9-7-8-10(13(16)17)12(11)18-15(4,5)6;/h3*7-9H,1-6H3,(H,16,17);/q;;;+3/p-3. The third-order valence-electron chi connectivity index (χ3n) is 7.35. The van der Waals surface area contributed by atoms with Crippen LogP contribution in [0.4, 0.5) is 0 Å². The van der Waals surface area contributed by atoms with Crippen LogP contribution in [-0.4, -0.2) is 52.1 Å². The zero-order valence-corrected chi connectivity index (χ0v) is 37.6. The van der Waals surface area contributed by atoms with Crippen molar-refractivity contribution in [2.45, 2.75) is 158 Å². The number of benzene rings is 3. The first kappa shape index (κ1) is 51.0. The fourth-order valence-electron chi connectivity index (χ4n) is 5.11.